The molecule has 0 unspecified atom stereocenters. The third-order valence-corrected chi connectivity index (χ3v) is 4.75. The van der Waals surface area contributed by atoms with Crippen LogP contribution in [0.3, 0.4) is 0 Å². The average Bonchev–Trinajstić information content (AvgIpc) is 2.73. The lowest BCUT2D eigenvalue weighted by molar-refractivity contribution is 0.0686. The number of hydrogen-bond acceptors (Lipinski definition) is 2. The van der Waals surface area contributed by atoms with Crippen molar-refractivity contribution in [3.05, 3.63) is 96.1 Å². The summed E-state index contributed by atoms with van der Waals surface area (Å²) in [4.78, 5) is 23.7. The molecule has 0 aliphatic heterocycles. The van der Waals surface area contributed by atoms with Crippen LogP contribution in [0.2, 0.25) is 0 Å². The van der Waals surface area contributed by atoms with Crippen LogP contribution in [0.15, 0.2) is 84.9 Å². The number of benzene rings is 4. The van der Waals surface area contributed by atoms with Crippen LogP contribution in [-0.4, -0.2) is 22.2 Å². The van der Waals surface area contributed by atoms with Crippen molar-refractivity contribution in [3.63, 3.8) is 0 Å². The summed E-state index contributed by atoms with van der Waals surface area (Å²) in [7, 11) is 0. The molecule has 0 radical (unpaired) electrons. The number of aromatic carboxylic acids is 2. The van der Waals surface area contributed by atoms with E-state index in [4.69, 9.17) is 0 Å². The Morgan fingerprint density at radius 2 is 1.25 bits per heavy atom. The van der Waals surface area contributed by atoms with Gasteiger partial charge in [0.1, 0.15) is 0 Å². The molecule has 0 bridgehead atoms. The normalized spacial score (nSPS) is 10.7. The van der Waals surface area contributed by atoms with Crippen LogP contribution in [0.5, 0.6) is 0 Å². The summed E-state index contributed by atoms with van der Waals surface area (Å²) in [6.07, 6.45) is 0. The van der Waals surface area contributed by atoms with E-state index in [0.717, 1.165) is 11.1 Å². The molecule has 4 aromatic rings. The number of carbonyl (C=O) groups is 2. The molecule has 28 heavy (non-hydrogen) atoms. The highest BCUT2D eigenvalue weighted by atomic mass is 16.4. The molecular weight excluding hydrogens is 352 g/mol. The van der Waals surface area contributed by atoms with Crippen molar-refractivity contribution < 1.29 is 19.8 Å². The Labute approximate surface area is 161 Å². The van der Waals surface area contributed by atoms with Crippen LogP contribution in [0, 0.1) is 0 Å². The zero-order chi connectivity index (χ0) is 19.7. The highest BCUT2D eigenvalue weighted by molar-refractivity contribution is 6.13. The van der Waals surface area contributed by atoms with Gasteiger partial charge in [0.15, 0.2) is 0 Å². The smallest absolute Gasteiger partial charge is 0.336 e. The molecule has 4 aromatic carbocycles. The van der Waals surface area contributed by atoms with Gasteiger partial charge < -0.3 is 10.2 Å². The summed E-state index contributed by atoms with van der Waals surface area (Å²) in [6.45, 7) is 0. The predicted molar refractivity (Wildman–Crippen MR) is 109 cm³/mol. The Morgan fingerprint density at radius 1 is 0.643 bits per heavy atom. The molecule has 0 aliphatic rings. The van der Waals surface area contributed by atoms with Crippen LogP contribution in [-0.2, 0) is 0 Å². The first kappa shape index (κ1) is 17.5. The fraction of sp³-hybridized carbons (Fsp3) is 0. The van der Waals surface area contributed by atoms with Gasteiger partial charge in [0.05, 0.1) is 11.1 Å². The third kappa shape index (κ3) is 3.01. The number of hydrogen-bond donors (Lipinski definition) is 2. The van der Waals surface area contributed by atoms with Gasteiger partial charge in [0.2, 0.25) is 0 Å². The van der Waals surface area contributed by atoms with Crippen LogP contribution < -0.4 is 0 Å². The summed E-state index contributed by atoms with van der Waals surface area (Å²) in [5.74, 6) is -2.05. The van der Waals surface area contributed by atoms with Gasteiger partial charge in [-0.1, -0.05) is 66.7 Å². The third-order valence-electron chi connectivity index (χ3n) is 4.75. The van der Waals surface area contributed by atoms with E-state index < -0.39 is 11.9 Å². The molecule has 0 saturated carbocycles. The zero-order valence-electron chi connectivity index (χ0n) is 14.8. The van der Waals surface area contributed by atoms with Crippen molar-refractivity contribution in [1.29, 1.82) is 0 Å². The van der Waals surface area contributed by atoms with E-state index in [1.54, 1.807) is 18.2 Å². The molecule has 4 rings (SSSR count). The van der Waals surface area contributed by atoms with Crippen molar-refractivity contribution in [1.82, 2.24) is 0 Å². The first-order valence-corrected chi connectivity index (χ1v) is 8.74. The SMILES string of the molecule is O=C(O)c1ccc2c(-c3ccccc3)c(C(=O)O)c(-c3ccccc3)cc2c1. The Morgan fingerprint density at radius 3 is 1.82 bits per heavy atom. The molecule has 0 saturated heterocycles. The van der Waals surface area contributed by atoms with Gasteiger partial charge in [0.25, 0.3) is 0 Å². The van der Waals surface area contributed by atoms with Crippen molar-refractivity contribution in [2.45, 2.75) is 0 Å². The van der Waals surface area contributed by atoms with E-state index in [-0.39, 0.29) is 11.1 Å². The standard InChI is InChI=1S/C24H16O4/c25-23(26)17-11-12-19-18(13-17)14-20(15-7-3-1-4-8-15)22(24(27)28)21(19)16-9-5-2-6-10-16/h1-14H,(H,25,26)(H,27,28). The Balaban J connectivity index is 2.17. The molecule has 4 heteroatoms. The van der Waals surface area contributed by atoms with Crippen LogP contribution in [0.1, 0.15) is 20.7 Å². The van der Waals surface area contributed by atoms with E-state index in [1.807, 2.05) is 60.7 Å². The van der Waals surface area contributed by atoms with Gasteiger partial charge in [-0.05, 0) is 45.7 Å². The quantitative estimate of drug-likeness (QED) is 0.494. The topological polar surface area (TPSA) is 74.6 Å². The minimum atomic E-state index is -1.03. The van der Waals surface area contributed by atoms with Crippen molar-refractivity contribution in [3.8, 4) is 22.3 Å². The second-order valence-electron chi connectivity index (χ2n) is 6.45. The minimum Gasteiger partial charge on any atom is -0.478 e. The lowest BCUT2D eigenvalue weighted by Crippen LogP contribution is -2.05. The number of rotatable bonds is 4. The Kier molecular flexibility index (Phi) is 4.38. The molecule has 0 heterocycles. The monoisotopic (exact) mass is 368 g/mol. The fourth-order valence-electron chi connectivity index (χ4n) is 3.51. The summed E-state index contributed by atoms with van der Waals surface area (Å²) in [5.41, 5.74) is 3.04. The maximum Gasteiger partial charge on any atom is 0.336 e. The molecule has 136 valence electrons. The molecule has 0 fully saturated rings. The first-order valence-electron chi connectivity index (χ1n) is 8.74. The second-order valence-corrected chi connectivity index (χ2v) is 6.45. The largest absolute Gasteiger partial charge is 0.478 e. The molecule has 4 nitrogen and oxygen atoms in total. The minimum absolute atomic E-state index is 0.161. The first-order chi connectivity index (χ1) is 13.6. The number of fused-ring (bicyclic) bond motifs is 1. The van der Waals surface area contributed by atoms with E-state index in [2.05, 4.69) is 0 Å². The highest BCUT2D eigenvalue weighted by Crippen LogP contribution is 2.39. The molecule has 0 atom stereocenters. The molecule has 0 spiro atoms. The van der Waals surface area contributed by atoms with E-state index >= 15 is 0 Å². The lowest BCUT2D eigenvalue weighted by atomic mass is 9.86. The second kappa shape index (κ2) is 7.00. The van der Waals surface area contributed by atoms with Gasteiger partial charge in [-0.3, -0.25) is 0 Å². The highest BCUT2D eigenvalue weighted by Gasteiger charge is 2.22. The number of carboxylic acid groups (broad SMARTS) is 2. The Bertz CT molecular complexity index is 1200. The maximum atomic E-state index is 12.3. The van der Waals surface area contributed by atoms with Gasteiger partial charge in [-0.2, -0.15) is 0 Å². The summed E-state index contributed by atoms with van der Waals surface area (Å²) < 4.78 is 0. The molecule has 0 aliphatic carbocycles. The molecule has 2 N–H and O–H groups in total. The maximum absolute atomic E-state index is 12.3. The van der Waals surface area contributed by atoms with Crippen molar-refractivity contribution in [2.24, 2.45) is 0 Å². The van der Waals surface area contributed by atoms with E-state index in [1.165, 1.54) is 6.07 Å². The molecule has 0 amide bonds. The van der Waals surface area contributed by atoms with Gasteiger partial charge in [0, 0.05) is 5.56 Å². The fourth-order valence-corrected chi connectivity index (χ4v) is 3.51. The predicted octanol–water partition coefficient (Wildman–Crippen LogP) is 5.57. The van der Waals surface area contributed by atoms with Gasteiger partial charge in [-0.15, -0.1) is 0 Å². The van der Waals surface area contributed by atoms with Gasteiger partial charge >= 0.3 is 11.9 Å². The van der Waals surface area contributed by atoms with E-state index in [9.17, 15) is 19.8 Å². The van der Waals surface area contributed by atoms with Crippen LogP contribution in [0.4, 0.5) is 0 Å². The van der Waals surface area contributed by atoms with Crippen LogP contribution >= 0.6 is 0 Å². The number of carboxylic acids is 2. The van der Waals surface area contributed by atoms with E-state index in [0.29, 0.717) is 21.9 Å². The summed E-state index contributed by atoms with van der Waals surface area (Å²) >= 11 is 0. The van der Waals surface area contributed by atoms with Gasteiger partial charge in [-0.25, -0.2) is 9.59 Å². The average molecular weight is 368 g/mol. The lowest BCUT2D eigenvalue weighted by Gasteiger charge is -2.16. The molecular formula is C24H16O4. The summed E-state index contributed by atoms with van der Waals surface area (Å²) in [5, 5.41) is 20.8. The Hall–Kier alpha value is -3.92. The molecule has 0 aromatic heterocycles. The zero-order valence-corrected chi connectivity index (χ0v) is 14.8. The van der Waals surface area contributed by atoms with Crippen molar-refractivity contribution >= 4 is 22.7 Å². The summed E-state index contributed by atoms with van der Waals surface area (Å²) in [6, 6.07) is 25.1. The van der Waals surface area contributed by atoms with Crippen molar-refractivity contribution in [2.75, 3.05) is 0 Å². The van der Waals surface area contributed by atoms with Crippen LogP contribution in [0.25, 0.3) is 33.0 Å².